The topological polar surface area (TPSA) is 86.1 Å². The summed E-state index contributed by atoms with van der Waals surface area (Å²) in [6.45, 7) is 3.81. The predicted molar refractivity (Wildman–Crippen MR) is 112 cm³/mol. The molecule has 8 heteroatoms. The zero-order chi connectivity index (χ0) is 20.8. The predicted octanol–water partition coefficient (Wildman–Crippen LogP) is 3.64. The zero-order valence-corrected chi connectivity index (χ0v) is 17.3. The lowest BCUT2D eigenvalue weighted by Crippen LogP contribution is -2.14. The lowest BCUT2D eigenvalue weighted by molar-refractivity contribution is -0.113. The SMILES string of the molecule is CC(=O)c1ccc(NC(=O)CSc2nnc(COc3cccc(C)c3)n2C)cc1. The van der Waals surface area contributed by atoms with Crippen LogP contribution in [0, 0.1) is 6.92 Å². The fraction of sp³-hybridized carbons (Fsp3) is 0.238. The molecule has 0 saturated heterocycles. The van der Waals surface area contributed by atoms with E-state index in [1.165, 1.54) is 18.7 Å². The first-order valence-corrected chi connectivity index (χ1v) is 10.0. The Bertz CT molecular complexity index is 1020. The minimum absolute atomic E-state index is 0.0112. The Morgan fingerprint density at radius 3 is 2.59 bits per heavy atom. The van der Waals surface area contributed by atoms with E-state index in [-0.39, 0.29) is 17.4 Å². The number of carbonyl (C=O) groups excluding carboxylic acids is 2. The maximum absolute atomic E-state index is 12.2. The van der Waals surface area contributed by atoms with Crippen molar-refractivity contribution in [3.05, 3.63) is 65.5 Å². The molecule has 0 spiro atoms. The molecule has 0 saturated carbocycles. The molecule has 1 N–H and O–H groups in total. The number of Topliss-reactive ketones (excluding diaryl/α,β-unsaturated/α-hetero) is 1. The van der Waals surface area contributed by atoms with Gasteiger partial charge in [0.1, 0.15) is 12.4 Å². The van der Waals surface area contributed by atoms with Crippen LogP contribution in [0.25, 0.3) is 0 Å². The van der Waals surface area contributed by atoms with Crippen LogP contribution in [0.2, 0.25) is 0 Å². The molecule has 0 unspecified atom stereocenters. The molecule has 1 heterocycles. The second-order valence-electron chi connectivity index (χ2n) is 6.53. The summed E-state index contributed by atoms with van der Waals surface area (Å²) in [7, 11) is 1.84. The Morgan fingerprint density at radius 2 is 1.90 bits per heavy atom. The van der Waals surface area contributed by atoms with Gasteiger partial charge in [0, 0.05) is 18.3 Å². The van der Waals surface area contributed by atoms with Crippen LogP contribution in [0.5, 0.6) is 5.75 Å². The van der Waals surface area contributed by atoms with E-state index in [2.05, 4.69) is 15.5 Å². The molecule has 0 fully saturated rings. The smallest absolute Gasteiger partial charge is 0.234 e. The second kappa shape index (κ2) is 9.38. The van der Waals surface area contributed by atoms with E-state index in [0.717, 1.165) is 11.3 Å². The highest BCUT2D eigenvalue weighted by Gasteiger charge is 2.12. The molecule has 0 atom stereocenters. The second-order valence-corrected chi connectivity index (χ2v) is 7.48. The Hall–Kier alpha value is -3.13. The maximum Gasteiger partial charge on any atom is 0.234 e. The molecule has 0 aliphatic carbocycles. The van der Waals surface area contributed by atoms with E-state index in [9.17, 15) is 9.59 Å². The molecular formula is C21H22N4O3S. The molecule has 0 aliphatic rings. The highest BCUT2D eigenvalue weighted by molar-refractivity contribution is 7.99. The number of carbonyl (C=O) groups is 2. The average molecular weight is 410 g/mol. The number of ether oxygens (including phenoxy) is 1. The number of nitrogens with zero attached hydrogens (tertiary/aromatic N) is 3. The molecule has 3 aromatic rings. The molecule has 0 radical (unpaired) electrons. The molecule has 0 bridgehead atoms. The molecule has 2 aromatic carbocycles. The molecule has 0 aliphatic heterocycles. The summed E-state index contributed by atoms with van der Waals surface area (Å²) < 4.78 is 7.58. The molecule has 3 rings (SSSR count). The fourth-order valence-electron chi connectivity index (χ4n) is 2.56. The lowest BCUT2D eigenvalue weighted by Gasteiger charge is -2.07. The van der Waals surface area contributed by atoms with Crippen molar-refractivity contribution in [3.8, 4) is 5.75 Å². The molecule has 29 heavy (non-hydrogen) atoms. The summed E-state index contributed by atoms with van der Waals surface area (Å²) in [5, 5.41) is 11.7. The van der Waals surface area contributed by atoms with Gasteiger partial charge >= 0.3 is 0 Å². The Morgan fingerprint density at radius 1 is 1.14 bits per heavy atom. The Balaban J connectivity index is 1.51. The van der Waals surface area contributed by atoms with Gasteiger partial charge in [-0.2, -0.15) is 0 Å². The van der Waals surface area contributed by atoms with Crippen molar-refractivity contribution in [2.45, 2.75) is 25.6 Å². The van der Waals surface area contributed by atoms with Gasteiger partial charge < -0.3 is 14.6 Å². The molecule has 150 valence electrons. The minimum atomic E-state index is -0.161. The van der Waals surface area contributed by atoms with Gasteiger partial charge in [0.2, 0.25) is 5.91 Å². The van der Waals surface area contributed by atoms with Crippen LogP contribution in [-0.4, -0.2) is 32.2 Å². The number of thioether (sulfide) groups is 1. The first-order valence-electron chi connectivity index (χ1n) is 9.04. The largest absolute Gasteiger partial charge is 0.486 e. The number of anilines is 1. The van der Waals surface area contributed by atoms with E-state index < -0.39 is 0 Å². The number of nitrogens with one attached hydrogen (secondary N) is 1. The van der Waals surface area contributed by atoms with E-state index in [1.807, 2.05) is 42.8 Å². The van der Waals surface area contributed by atoms with E-state index >= 15 is 0 Å². The number of benzene rings is 2. The van der Waals surface area contributed by atoms with Crippen molar-refractivity contribution in [2.75, 3.05) is 11.1 Å². The summed E-state index contributed by atoms with van der Waals surface area (Å²) in [5.41, 5.74) is 2.38. The third-order valence-corrected chi connectivity index (χ3v) is 5.21. The summed E-state index contributed by atoms with van der Waals surface area (Å²) in [5.74, 6) is 1.47. The Labute approximate surface area is 173 Å². The van der Waals surface area contributed by atoms with Gasteiger partial charge in [0.05, 0.1) is 5.75 Å². The number of amides is 1. The monoisotopic (exact) mass is 410 g/mol. The van der Waals surface area contributed by atoms with Crippen molar-refractivity contribution in [2.24, 2.45) is 7.05 Å². The Kier molecular flexibility index (Phi) is 6.66. The zero-order valence-electron chi connectivity index (χ0n) is 16.5. The van der Waals surface area contributed by atoms with Gasteiger partial charge in [-0.25, -0.2) is 0 Å². The maximum atomic E-state index is 12.2. The summed E-state index contributed by atoms with van der Waals surface area (Å²) in [6.07, 6.45) is 0. The molecular weight excluding hydrogens is 388 g/mol. The number of aromatic nitrogens is 3. The standard InChI is InChI=1S/C21H22N4O3S/c1-14-5-4-6-18(11-14)28-12-19-23-24-21(25(19)3)29-13-20(27)22-17-9-7-16(8-10-17)15(2)26/h4-11H,12-13H2,1-3H3,(H,22,27). The van der Waals surface area contributed by atoms with Gasteiger partial charge in [-0.3, -0.25) is 9.59 Å². The van der Waals surface area contributed by atoms with E-state index in [4.69, 9.17) is 4.74 Å². The number of rotatable bonds is 8. The molecule has 1 amide bonds. The van der Waals surface area contributed by atoms with Gasteiger partial charge in [-0.1, -0.05) is 23.9 Å². The summed E-state index contributed by atoms with van der Waals surface area (Å²) >= 11 is 1.30. The summed E-state index contributed by atoms with van der Waals surface area (Å²) in [6, 6.07) is 14.6. The van der Waals surface area contributed by atoms with Gasteiger partial charge in [0.15, 0.2) is 16.8 Å². The van der Waals surface area contributed by atoms with Crippen LogP contribution < -0.4 is 10.1 Å². The van der Waals surface area contributed by atoms with Gasteiger partial charge in [-0.15, -0.1) is 10.2 Å². The van der Waals surface area contributed by atoms with Crippen molar-refractivity contribution in [1.29, 1.82) is 0 Å². The normalized spacial score (nSPS) is 10.6. The quantitative estimate of drug-likeness (QED) is 0.451. The van der Waals surface area contributed by atoms with Crippen LogP contribution in [0.15, 0.2) is 53.7 Å². The highest BCUT2D eigenvalue weighted by atomic mass is 32.2. The lowest BCUT2D eigenvalue weighted by atomic mass is 10.1. The minimum Gasteiger partial charge on any atom is -0.486 e. The summed E-state index contributed by atoms with van der Waals surface area (Å²) in [4.78, 5) is 23.5. The number of aryl methyl sites for hydroxylation is 1. The van der Waals surface area contributed by atoms with Crippen LogP contribution in [0.3, 0.4) is 0 Å². The van der Waals surface area contributed by atoms with Crippen LogP contribution in [0.1, 0.15) is 28.7 Å². The van der Waals surface area contributed by atoms with E-state index in [0.29, 0.717) is 28.8 Å². The van der Waals surface area contributed by atoms with Crippen LogP contribution >= 0.6 is 11.8 Å². The van der Waals surface area contributed by atoms with Crippen LogP contribution in [0.4, 0.5) is 5.69 Å². The van der Waals surface area contributed by atoms with Crippen molar-refractivity contribution in [3.63, 3.8) is 0 Å². The third-order valence-electron chi connectivity index (χ3n) is 4.19. The van der Waals surface area contributed by atoms with Gasteiger partial charge in [-0.05, 0) is 55.8 Å². The number of hydrogen-bond acceptors (Lipinski definition) is 6. The van der Waals surface area contributed by atoms with E-state index in [1.54, 1.807) is 24.3 Å². The number of hydrogen-bond donors (Lipinski definition) is 1. The van der Waals surface area contributed by atoms with Crippen LogP contribution in [-0.2, 0) is 18.4 Å². The fourth-order valence-corrected chi connectivity index (χ4v) is 3.29. The number of ketones is 1. The third kappa shape index (κ3) is 5.68. The molecule has 1 aromatic heterocycles. The van der Waals surface area contributed by atoms with Crippen molar-refractivity contribution in [1.82, 2.24) is 14.8 Å². The average Bonchev–Trinajstić information content (AvgIpc) is 3.05. The van der Waals surface area contributed by atoms with Crippen molar-refractivity contribution < 1.29 is 14.3 Å². The first kappa shape index (κ1) is 20.6. The first-order chi connectivity index (χ1) is 13.9. The highest BCUT2D eigenvalue weighted by Crippen LogP contribution is 2.19. The van der Waals surface area contributed by atoms with Crippen molar-refractivity contribution >= 4 is 29.1 Å². The van der Waals surface area contributed by atoms with Gasteiger partial charge in [0.25, 0.3) is 0 Å². The molecule has 7 nitrogen and oxygen atoms in total.